The number of para-hydroxylation sites is 4. The third-order valence-electron chi connectivity index (χ3n) is 15.4. The summed E-state index contributed by atoms with van der Waals surface area (Å²) in [4.78, 5) is 4.78. The normalized spacial score (nSPS) is 11.9. The van der Waals surface area contributed by atoms with Gasteiger partial charge in [-0.1, -0.05) is 158 Å². The van der Waals surface area contributed by atoms with Crippen molar-refractivity contribution in [1.82, 2.24) is 0 Å². The number of fused-ring (bicyclic) bond motifs is 12. The first-order valence-electron chi connectivity index (χ1n) is 25.4. The molecular formula is C70H46N2O2. The van der Waals surface area contributed by atoms with Gasteiger partial charge in [0, 0.05) is 44.3 Å². The van der Waals surface area contributed by atoms with E-state index in [0.717, 1.165) is 89.1 Å². The monoisotopic (exact) mass is 946 g/mol. The lowest BCUT2D eigenvalue weighted by Crippen LogP contribution is -2.12. The van der Waals surface area contributed by atoms with Gasteiger partial charge in [-0.2, -0.15) is 0 Å². The second-order valence-electron chi connectivity index (χ2n) is 19.8. The first-order valence-corrected chi connectivity index (χ1v) is 25.4. The van der Waals surface area contributed by atoms with Gasteiger partial charge in [-0.05, 0) is 176 Å². The van der Waals surface area contributed by atoms with E-state index in [2.05, 4.69) is 254 Å². The zero-order chi connectivity index (χ0) is 49.0. The third kappa shape index (κ3) is 6.62. The number of anilines is 6. The minimum atomic E-state index is 0.866. The van der Waals surface area contributed by atoms with Crippen LogP contribution in [0, 0.1) is 13.8 Å². The Labute approximate surface area is 428 Å². The van der Waals surface area contributed by atoms with Crippen LogP contribution in [0.2, 0.25) is 0 Å². The number of benzene rings is 12. The Morgan fingerprint density at radius 2 is 0.662 bits per heavy atom. The molecule has 0 aliphatic heterocycles. The maximum atomic E-state index is 6.74. The summed E-state index contributed by atoms with van der Waals surface area (Å²) in [6.45, 7) is 4.40. The van der Waals surface area contributed by atoms with Crippen LogP contribution in [0.1, 0.15) is 11.1 Å². The van der Waals surface area contributed by atoms with Crippen molar-refractivity contribution in [3.8, 4) is 44.5 Å². The fourth-order valence-electron chi connectivity index (χ4n) is 11.6. The summed E-state index contributed by atoms with van der Waals surface area (Å²) in [5.74, 6) is 0. The van der Waals surface area contributed by atoms with Crippen LogP contribution in [0.4, 0.5) is 34.1 Å². The Morgan fingerprint density at radius 3 is 1.11 bits per heavy atom. The Balaban J connectivity index is 0.855. The van der Waals surface area contributed by atoms with Gasteiger partial charge in [-0.25, -0.2) is 0 Å². The highest BCUT2D eigenvalue weighted by atomic mass is 16.3. The molecule has 0 saturated carbocycles. The molecule has 1 aliphatic carbocycles. The van der Waals surface area contributed by atoms with E-state index >= 15 is 0 Å². The molecule has 12 aromatic carbocycles. The van der Waals surface area contributed by atoms with Crippen LogP contribution in [0.25, 0.3) is 110 Å². The van der Waals surface area contributed by atoms with E-state index < -0.39 is 0 Å². The highest BCUT2D eigenvalue weighted by molar-refractivity contribution is 6.15. The minimum absolute atomic E-state index is 0.866. The maximum absolute atomic E-state index is 6.74. The van der Waals surface area contributed by atoms with Crippen LogP contribution in [-0.2, 0) is 0 Å². The molecule has 4 heteroatoms. The predicted molar refractivity (Wildman–Crippen MR) is 310 cm³/mol. The molecule has 348 valence electrons. The van der Waals surface area contributed by atoms with Gasteiger partial charge in [0.2, 0.25) is 0 Å². The minimum Gasteiger partial charge on any atom is -0.454 e. The molecule has 0 amide bonds. The van der Waals surface area contributed by atoms with E-state index in [4.69, 9.17) is 8.83 Å². The number of furan rings is 2. The van der Waals surface area contributed by atoms with Crippen molar-refractivity contribution in [3.63, 3.8) is 0 Å². The van der Waals surface area contributed by atoms with Crippen molar-refractivity contribution < 1.29 is 8.83 Å². The number of aryl methyl sites for hydroxylation is 2. The topological polar surface area (TPSA) is 32.8 Å². The van der Waals surface area contributed by atoms with E-state index in [-0.39, 0.29) is 0 Å². The number of rotatable bonds is 8. The SMILES string of the molecule is Cc1ccc(-c2ccccc2)cc1N(c1ccc2cc3c(cc2c1)-c1cc2ccc(N(c4cc(-c5ccccc5)ccc4C)c4cccc5c4oc4ccccc45)cc2cc1-3)c1cccc2c1oc1ccccc12. The quantitative estimate of drug-likeness (QED) is 0.152. The smallest absolute Gasteiger partial charge is 0.159 e. The third-order valence-corrected chi connectivity index (χ3v) is 15.4. The average molecular weight is 947 g/mol. The van der Waals surface area contributed by atoms with Gasteiger partial charge in [0.05, 0.1) is 11.4 Å². The van der Waals surface area contributed by atoms with E-state index in [0.29, 0.717) is 0 Å². The fourth-order valence-corrected chi connectivity index (χ4v) is 11.6. The molecular weight excluding hydrogens is 901 g/mol. The average Bonchev–Trinajstić information content (AvgIpc) is 4.04. The molecule has 0 spiro atoms. The summed E-state index contributed by atoms with van der Waals surface area (Å²) in [5, 5.41) is 9.18. The maximum Gasteiger partial charge on any atom is 0.159 e. The molecule has 0 bridgehead atoms. The predicted octanol–water partition coefficient (Wildman–Crippen LogP) is 20.3. The van der Waals surface area contributed by atoms with Crippen molar-refractivity contribution in [2.75, 3.05) is 9.80 Å². The number of hydrogen-bond acceptors (Lipinski definition) is 4. The molecule has 0 radical (unpaired) electrons. The number of hydrogen-bond donors (Lipinski definition) is 0. The van der Waals surface area contributed by atoms with Crippen LogP contribution in [0.5, 0.6) is 0 Å². The van der Waals surface area contributed by atoms with Gasteiger partial charge in [0.25, 0.3) is 0 Å². The zero-order valence-corrected chi connectivity index (χ0v) is 40.8. The van der Waals surface area contributed by atoms with E-state index in [1.54, 1.807) is 0 Å². The van der Waals surface area contributed by atoms with Gasteiger partial charge < -0.3 is 18.6 Å². The van der Waals surface area contributed by atoms with Gasteiger partial charge in [-0.15, -0.1) is 0 Å². The molecule has 2 heterocycles. The molecule has 0 unspecified atom stereocenters. The molecule has 14 aromatic rings. The van der Waals surface area contributed by atoms with Crippen LogP contribution in [0.3, 0.4) is 0 Å². The molecule has 2 aromatic heterocycles. The van der Waals surface area contributed by atoms with Gasteiger partial charge in [0.1, 0.15) is 11.2 Å². The highest BCUT2D eigenvalue weighted by Gasteiger charge is 2.27. The lowest BCUT2D eigenvalue weighted by molar-refractivity contribution is 0.668. The van der Waals surface area contributed by atoms with Gasteiger partial charge in [-0.3, -0.25) is 0 Å². The van der Waals surface area contributed by atoms with Gasteiger partial charge >= 0.3 is 0 Å². The summed E-state index contributed by atoms with van der Waals surface area (Å²) in [7, 11) is 0. The second kappa shape index (κ2) is 16.5. The summed E-state index contributed by atoms with van der Waals surface area (Å²) in [6.07, 6.45) is 0. The van der Waals surface area contributed by atoms with Crippen molar-refractivity contribution in [2.45, 2.75) is 13.8 Å². The summed E-state index contributed by atoms with van der Waals surface area (Å²) in [5.41, 5.74) is 21.9. The molecule has 0 atom stereocenters. The molecule has 0 N–H and O–H groups in total. The molecule has 74 heavy (non-hydrogen) atoms. The van der Waals surface area contributed by atoms with Crippen molar-refractivity contribution >= 4 is 99.5 Å². The second-order valence-corrected chi connectivity index (χ2v) is 19.8. The molecule has 0 saturated heterocycles. The van der Waals surface area contributed by atoms with E-state index in [9.17, 15) is 0 Å². The first-order chi connectivity index (χ1) is 36.5. The Hall–Kier alpha value is -9.64. The van der Waals surface area contributed by atoms with E-state index in [1.165, 1.54) is 66.1 Å². The van der Waals surface area contributed by atoms with Crippen molar-refractivity contribution in [3.05, 3.63) is 254 Å². The Kier molecular flexibility index (Phi) is 9.36. The molecule has 15 rings (SSSR count). The Morgan fingerprint density at radius 1 is 0.270 bits per heavy atom. The molecule has 4 nitrogen and oxygen atoms in total. The lowest BCUT2D eigenvalue weighted by atomic mass is 9.78. The van der Waals surface area contributed by atoms with Crippen LogP contribution in [0.15, 0.2) is 251 Å². The van der Waals surface area contributed by atoms with E-state index in [1.807, 2.05) is 12.1 Å². The van der Waals surface area contributed by atoms with Crippen LogP contribution in [-0.4, -0.2) is 0 Å². The number of nitrogens with zero attached hydrogens (tertiary/aromatic N) is 2. The van der Waals surface area contributed by atoms with Crippen LogP contribution < -0.4 is 9.80 Å². The van der Waals surface area contributed by atoms with Gasteiger partial charge in [0.15, 0.2) is 11.2 Å². The molecule has 0 fully saturated rings. The summed E-state index contributed by atoms with van der Waals surface area (Å²) in [6, 6.07) is 87.9. The van der Waals surface area contributed by atoms with Crippen molar-refractivity contribution in [2.24, 2.45) is 0 Å². The largest absolute Gasteiger partial charge is 0.454 e. The zero-order valence-electron chi connectivity index (χ0n) is 40.8. The van der Waals surface area contributed by atoms with Crippen molar-refractivity contribution in [1.29, 1.82) is 0 Å². The highest BCUT2D eigenvalue weighted by Crippen LogP contribution is 2.53. The fraction of sp³-hybridized carbons (Fsp3) is 0.0286. The first kappa shape index (κ1) is 42.1. The molecule has 1 aliphatic rings. The Bertz CT molecular complexity index is 4280. The lowest BCUT2D eigenvalue weighted by Gasteiger charge is -2.29. The van der Waals surface area contributed by atoms with Crippen LogP contribution >= 0.6 is 0 Å². The summed E-state index contributed by atoms with van der Waals surface area (Å²) >= 11 is 0. The standard InChI is InChI=1S/C70H46N2O2/c1-43-27-29-49(45-15-5-3-6-16-45)41-65(43)71(63-23-13-21-57-55-19-9-11-25-67(55)73-69(57)63)53-33-31-47-37-59-61(39-51(47)35-53)60-38-48-32-34-54(36-52(48)40-62(59)60)72(66-42-50(30-28-44(66)2)46-17-7-4-8-18-46)64-24-14-22-58-56-20-10-12-26-68(56)74-70(58)64/h3-42H,1-2H3. The summed E-state index contributed by atoms with van der Waals surface area (Å²) < 4.78 is 13.5.